The fourth-order valence-electron chi connectivity index (χ4n) is 2.96. The molecule has 0 bridgehead atoms. The normalized spacial score (nSPS) is 11.5. The van der Waals surface area contributed by atoms with Crippen LogP contribution in [0.1, 0.15) is 11.1 Å². The average Bonchev–Trinajstić information content (AvgIpc) is 3.19. The van der Waals surface area contributed by atoms with E-state index in [-0.39, 0.29) is 0 Å². The lowest BCUT2D eigenvalue weighted by atomic mass is 10.1. The van der Waals surface area contributed by atoms with Crippen molar-refractivity contribution in [1.29, 1.82) is 0 Å². The summed E-state index contributed by atoms with van der Waals surface area (Å²) in [6, 6.07) is 25.3. The zero-order valence-corrected chi connectivity index (χ0v) is 12.2. The number of aromatic amines is 1. The van der Waals surface area contributed by atoms with Gasteiger partial charge in [0.1, 0.15) is 0 Å². The highest BCUT2D eigenvalue weighted by molar-refractivity contribution is 5.77. The van der Waals surface area contributed by atoms with Crippen molar-refractivity contribution in [3.63, 3.8) is 0 Å². The van der Waals surface area contributed by atoms with E-state index in [0.29, 0.717) is 0 Å². The molecule has 1 N–H and O–H groups in total. The van der Waals surface area contributed by atoms with Crippen LogP contribution in [0.4, 0.5) is 0 Å². The standard InChI is InChI=1S/C13H10.C7H6N2/c1-3-7-12-10(5-1)9-11-6-2-4-8-13(11)12;1-2-4-7-6(3-1)5-8-9-7/h1-8H,9H2;1-5H,(H,8,9). The van der Waals surface area contributed by atoms with Crippen molar-refractivity contribution in [2.45, 2.75) is 6.42 Å². The number of hydrogen-bond donors (Lipinski definition) is 1. The van der Waals surface area contributed by atoms with E-state index in [4.69, 9.17) is 0 Å². The first kappa shape index (κ1) is 12.8. The first-order valence-corrected chi connectivity index (χ1v) is 7.46. The third-order valence-electron chi connectivity index (χ3n) is 4.06. The molecule has 0 amide bonds. The van der Waals surface area contributed by atoms with Crippen molar-refractivity contribution >= 4 is 10.9 Å². The Morgan fingerprint density at radius 1 is 0.682 bits per heavy atom. The molecular weight excluding hydrogens is 268 g/mol. The van der Waals surface area contributed by atoms with Gasteiger partial charge in [-0.3, -0.25) is 5.10 Å². The first-order valence-electron chi connectivity index (χ1n) is 7.46. The van der Waals surface area contributed by atoms with Crippen LogP contribution in [0.25, 0.3) is 22.0 Å². The molecule has 0 saturated carbocycles. The van der Waals surface area contributed by atoms with Gasteiger partial charge in [-0.1, -0.05) is 66.7 Å². The van der Waals surface area contributed by atoms with Crippen molar-refractivity contribution in [2.24, 2.45) is 0 Å². The van der Waals surface area contributed by atoms with Gasteiger partial charge >= 0.3 is 0 Å². The van der Waals surface area contributed by atoms with Crippen LogP contribution < -0.4 is 0 Å². The SMILES string of the molecule is c1ccc2[nH]ncc2c1.c1ccc2c(c1)Cc1ccccc1-2. The van der Waals surface area contributed by atoms with Crippen LogP contribution >= 0.6 is 0 Å². The van der Waals surface area contributed by atoms with Crippen LogP contribution in [-0.4, -0.2) is 10.2 Å². The molecule has 1 aliphatic rings. The lowest BCUT2D eigenvalue weighted by molar-refractivity contribution is 1.12. The fraction of sp³-hybridized carbons (Fsp3) is 0.0500. The lowest BCUT2D eigenvalue weighted by Gasteiger charge is -1.98. The van der Waals surface area contributed by atoms with Gasteiger partial charge in [-0.25, -0.2) is 0 Å². The highest BCUT2D eigenvalue weighted by atomic mass is 15.1. The molecule has 3 aromatic carbocycles. The number of H-pyrrole nitrogens is 1. The molecule has 0 fully saturated rings. The Labute approximate surface area is 129 Å². The maximum absolute atomic E-state index is 3.88. The first-order chi connectivity index (χ1) is 10.9. The Kier molecular flexibility index (Phi) is 3.20. The monoisotopic (exact) mass is 284 g/mol. The van der Waals surface area contributed by atoms with Gasteiger partial charge in [-0.05, 0) is 34.7 Å². The van der Waals surface area contributed by atoms with E-state index in [9.17, 15) is 0 Å². The minimum absolute atomic E-state index is 1.09. The smallest absolute Gasteiger partial charge is 0.0650 e. The summed E-state index contributed by atoms with van der Waals surface area (Å²) in [5.74, 6) is 0. The molecule has 4 aromatic rings. The Morgan fingerprint density at radius 2 is 1.27 bits per heavy atom. The summed E-state index contributed by atoms with van der Waals surface area (Å²) >= 11 is 0. The summed E-state index contributed by atoms with van der Waals surface area (Å²) in [6.45, 7) is 0. The van der Waals surface area contributed by atoms with Crippen LogP contribution in [0.3, 0.4) is 0 Å². The molecular formula is C20H16N2. The zero-order valence-electron chi connectivity index (χ0n) is 12.2. The largest absolute Gasteiger partial charge is 0.278 e. The van der Waals surface area contributed by atoms with Crippen LogP contribution in [0.5, 0.6) is 0 Å². The molecule has 0 atom stereocenters. The average molecular weight is 284 g/mol. The molecule has 0 unspecified atom stereocenters. The molecule has 1 aliphatic carbocycles. The van der Waals surface area contributed by atoms with Gasteiger partial charge in [0.2, 0.25) is 0 Å². The molecule has 1 aromatic heterocycles. The topological polar surface area (TPSA) is 28.7 Å². The third-order valence-corrected chi connectivity index (χ3v) is 4.06. The highest BCUT2D eigenvalue weighted by Crippen LogP contribution is 2.35. The van der Waals surface area contributed by atoms with Crippen molar-refractivity contribution in [1.82, 2.24) is 10.2 Å². The third kappa shape index (κ3) is 2.29. The summed E-state index contributed by atoms with van der Waals surface area (Å²) < 4.78 is 0. The summed E-state index contributed by atoms with van der Waals surface area (Å²) in [6.07, 6.45) is 2.92. The highest BCUT2D eigenvalue weighted by Gasteiger charge is 2.15. The van der Waals surface area contributed by atoms with Gasteiger partial charge in [-0.15, -0.1) is 0 Å². The Morgan fingerprint density at radius 3 is 1.95 bits per heavy atom. The molecule has 1 heterocycles. The number of fused-ring (bicyclic) bond motifs is 4. The van der Waals surface area contributed by atoms with Crippen LogP contribution in [0.15, 0.2) is 79.0 Å². The second-order valence-electron chi connectivity index (χ2n) is 5.45. The van der Waals surface area contributed by atoms with Crippen LogP contribution in [0, 0.1) is 0 Å². The van der Waals surface area contributed by atoms with Gasteiger partial charge < -0.3 is 0 Å². The van der Waals surface area contributed by atoms with Gasteiger partial charge in [-0.2, -0.15) is 5.10 Å². The molecule has 0 radical (unpaired) electrons. The number of nitrogens with one attached hydrogen (secondary N) is 1. The number of aromatic nitrogens is 2. The minimum atomic E-state index is 1.09. The summed E-state index contributed by atoms with van der Waals surface area (Å²) in [5.41, 5.74) is 6.85. The second-order valence-corrected chi connectivity index (χ2v) is 5.45. The van der Waals surface area contributed by atoms with Gasteiger partial charge in [0, 0.05) is 5.39 Å². The Bertz CT molecular complexity index is 848. The Balaban J connectivity index is 0.000000122. The predicted octanol–water partition coefficient (Wildman–Crippen LogP) is 4.82. The molecule has 0 aliphatic heterocycles. The van der Waals surface area contributed by atoms with Crippen molar-refractivity contribution < 1.29 is 0 Å². The molecule has 0 saturated heterocycles. The van der Waals surface area contributed by atoms with E-state index in [1.54, 1.807) is 0 Å². The van der Waals surface area contributed by atoms with E-state index < -0.39 is 0 Å². The predicted molar refractivity (Wildman–Crippen MR) is 90.8 cm³/mol. The molecule has 5 rings (SSSR count). The van der Waals surface area contributed by atoms with Crippen molar-refractivity contribution in [3.8, 4) is 11.1 Å². The van der Waals surface area contributed by atoms with E-state index >= 15 is 0 Å². The fourth-order valence-corrected chi connectivity index (χ4v) is 2.96. The van der Waals surface area contributed by atoms with E-state index in [0.717, 1.165) is 17.3 Å². The molecule has 22 heavy (non-hydrogen) atoms. The van der Waals surface area contributed by atoms with Crippen molar-refractivity contribution in [2.75, 3.05) is 0 Å². The van der Waals surface area contributed by atoms with Crippen LogP contribution in [-0.2, 0) is 6.42 Å². The summed E-state index contributed by atoms with van der Waals surface area (Å²) in [4.78, 5) is 0. The van der Waals surface area contributed by atoms with E-state index in [2.05, 4.69) is 58.7 Å². The van der Waals surface area contributed by atoms with Gasteiger partial charge in [0.25, 0.3) is 0 Å². The molecule has 0 spiro atoms. The minimum Gasteiger partial charge on any atom is -0.278 e. The number of nitrogens with zero attached hydrogens (tertiary/aromatic N) is 1. The summed E-state index contributed by atoms with van der Waals surface area (Å²) in [5, 5.41) is 7.91. The molecule has 106 valence electrons. The molecule has 2 nitrogen and oxygen atoms in total. The maximum atomic E-state index is 3.88. The van der Waals surface area contributed by atoms with Gasteiger partial charge in [0.15, 0.2) is 0 Å². The van der Waals surface area contributed by atoms with Crippen LogP contribution in [0.2, 0.25) is 0 Å². The number of para-hydroxylation sites is 1. The lowest BCUT2D eigenvalue weighted by Crippen LogP contribution is -1.77. The van der Waals surface area contributed by atoms with E-state index in [1.807, 2.05) is 30.5 Å². The quantitative estimate of drug-likeness (QED) is 0.434. The summed E-state index contributed by atoms with van der Waals surface area (Å²) in [7, 11) is 0. The number of hydrogen-bond acceptors (Lipinski definition) is 1. The number of benzene rings is 3. The van der Waals surface area contributed by atoms with Gasteiger partial charge in [0.05, 0.1) is 11.7 Å². The second kappa shape index (κ2) is 5.49. The molecule has 2 heteroatoms. The van der Waals surface area contributed by atoms with E-state index in [1.165, 1.54) is 22.3 Å². The zero-order chi connectivity index (χ0) is 14.8. The number of rotatable bonds is 0. The van der Waals surface area contributed by atoms with Crippen molar-refractivity contribution in [3.05, 3.63) is 90.1 Å². The maximum Gasteiger partial charge on any atom is 0.0650 e. The Hall–Kier alpha value is -2.87.